The number of nitriles is 1. The lowest BCUT2D eigenvalue weighted by Crippen LogP contribution is -2.22. The number of hydrogen-bond acceptors (Lipinski definition) is 5. The van der Waals surface area contributed by atoms with Crippen LogP contribution in [0.1, 0.15) is 30.5 Å². The van der Waals surface area contributed by atoms with Gasteiger partial charge in [-0.25, -0.2) is 0 Å². The molecule has 1 atom stereocenters. The topological polar surface area (TPSA) is 68.8 Å². The molecule has 0 aliphatic carbocycles. The first-order valence-corrected chi connectivity index (χ1v) is 7.01. The predicted octanol–water partition coefficient (Wildman–Crippen LogP) is 2.26. The van der Waals surface area contributed by atoms with E-state index in [1.54, 1.807) is 17.7 Å². The number of hydrogen-bond donors (Lipinski definition) is 0. The Balaban J connectivity index is 1.84. The van der Waals surface area contributed by atoms with E-state index >= 15 is 0 Å². The van der Waals surface area contributed by atoms with Crippen LogP contribution < -0.4 is 4.74 Å². The summed E-state index contributed by atoms with van der Waals surface area (Å²) in [4.78, 5) is 0. The normalized spacial score (nSPS) is 18.6. The predicted molar refractivity (Wildman–Crippen MR) is 74.8 cm³/mol. The van der Waals surface area contributed by atoms with E-state index in [0.717, 1.165) is 36.9 Å². The fourth-order valence-corrected chi connectivity index (χ4v) is 2.46. The molecule has 1 unspecified atom stereocenters. The Morgan fingerprint density at radius 2 is 2.38 bits per heavy atom. The third-order valence-electron chi connectivity index (χ3n) is 3.56. The number of pyridine rings is 1. The monoisotopic (exact) mass is 287 g/mol. The van der Waals surface area contributed by atoms with Crippen molar-refractivity contribution in [2.75, 3.05) is 13.7 Å². The van der Waals surface area contributed by atoms with Crippen molar-refractivity contribution in [3.8, 4) is 11.9 Å². The molecule has 1 fully saturated rings. The number of ether oxygens (including phenoxy) is 3. The van der Waals surface area contributed by atoms with Gasteiger partial charge in [0.05, 0.1) is 19.2 Å². The summed E-state index contributed by atoms with van der Waals surface area (Å²) in [6, 6.07) is 7.54. The van der Waals surface area contributed by atoms with Crippen molar-refractivity contribution < 1.29 is 14.2 Å². The molecule has 110 valence electrons. The Hall–Kier alpha value is -2.10. The van der Waals surface area contributed by atoms with Crippen LogP contribution in [0.15, 0.2) is 18.2 Å². The van der Waals surface area contributed by atoms with Gasteiger partial charge in [-0.2, -0.15) is 14.9 Å². The molecule has 0 radical (unpaired) electrons. The van der Waals surface area contributed by atoms with Crippen LogP contribution in [0.3, 0.4) is 0 Å². The fourth-order valence-electron chi connectivity index (χ4n) is 2.46. The van der Waals surface area contributed by atoms with Crippen molar-refractivity contribution in [2.24, 2.45) is 0 Å². The zero-order valence-electron chi connectivity index (χ0n) is 11.9. The zero-order valence-corrected chi connectivity index (χ0v) is 11.9. The molecule has 1 saturated heterocycles. The van der Waals surface area contributed by atoms with E-state index in [1.807, 2.05) is 18.2 Å². The molecule has 1 aliphatic rings. The third-order valence-corrected chi connectivity index (χ3v) is 3.56. The maximum absolute atomic E-state index is 9.01. The lowest BCUT2D eigenvalue weighted by atomic mass is 10.2. The van der Waals surface area contributed by atoms with Crippen molar-refractivity contribution in [2.45, 2.75) is 32.2 Å². The summed E-state index contributed by atoms with van der Waals surface area (Å²) in [6.45, 7) is 1.18. The van der Waals surface area contributed by atoms with E-state index in [4.69, 9.17) is 19.5 Å². The zero-order chi connectivity index (χ0) is 14.7. The van der Waals surface area contributed by atoms with Crippen LogP contribution >= 0.6 is 0 Å². The highest BCUT2D eigenvalue weighted by molar-refractivity contribution is 5.58. The van der Waals surface area contributed by atoms with Crippen LogP contribution in [0.4, 0.5) is 0 Å². The molecule has 6 nitrogen and oxygen atoms in total. The minimum absolute atomic E-state index is 0.140. The molecule has 0 aromatic carbocycles. The van der Waals surface area contributed by atoms with Crippen LogP contribution in [0.25, 0.3) is 5.52 Å². The number of aromatic nitrogens is 2. The van der Waals surface area contributed by atoms with Gasteiger partial charge in [0, 0.05) is 24.3 Å². The van der Waals surface area contributed by atoms with Crippen molar-refractivity contribution >= 4 is 5.52 Å². The lowest BCUT2D eigenvalue weighted by Gasteiger charge is -2.22. The van der Waals surface area contributed by atoms with Crippen LogP contribution in [-0.4, -0.2) is 29.6 Å². The standard InChI is InChI=1S/C15H17N3O3/c1-19-14-6-5-11(10-21-15-4-2-3-7-20-15)13-8-12(9-16)17-18(13)14/h5-6,8,15H,2-4,7,10H2,1H3. The molecule has 0 saturated carbocycles. The molecule has 3 heterocycles. The second-order valence-corrected chi connectivity index (χ2v) is 4.95. The number of rotatable bonds is 4. The minimum atomic E-state index is -0.140. The van der Waals surface area contributed by atoms with Gasteiger partial charge in [0.25, 0.3) is 0 Å². The SMILES string of the molecule is COc1ccc(COC2CCCCO2)c2cc(C#N)nn12. The van der Waals surface area contributed by atoms with Gasteiger partial charge in [0.15, 0.2) is 12.0 Å². The summed E-state index contributed by atoms with van der Waals surface area (Å²) < 4.78 is 18.3. The van der Waals surface area contributed by atoms with Gasteiger partial charge in [0.2, 0.25) is 5.88 Å². The molecule has 2 aromatic rings. The average Bonchev–Trinajstić information content (AvgIpc) is 2.98. The molecular formula is C15H17N3O3. The average molecular weight is 287 g/mol. The molecule has 2 aromatic heterocycles. The summed E-state index contributed by atoms with van der Waals surface area (Å²) in [5.74, 6) is 0.587. The Morgan fingerprint density at radius 1 is 1.48 bits per heavy atom. The van der Waals surface area contributed by atoms with Crippen LogP contribution in [0, 0.1) is 11.3 Å². The maximum atomic E-state index is 9.01. The van der Waals surface area contributed by atoms with Gasteiger partial charge in [-0.3, -0.25) is 0 Å². The van der Waals surface area contributed by atoms with Crippen LogP contribution in [0.5, 0.6) is 5.88 Å². The molecule has 21 heavy (non-hydrogen) atoms. The van der Waals surface area contributed by atoms with Gasteiger partial charge in [0.1, 0.15) is 6.07 Å². The van der Waals surface area contributed by atoms with Crippen molar-refractivity contribution in [3.63, 3.8) is 0 Å². The highest BCUT2D eigenvalue weighted by atomic mass is 16.7. The molecule has 0 spiro atoms. The van der Waals surface area contributed by atoms with E-state index in [-0.39, 0.29) is 6.29 Å². The Bertz CT molecular complexity index is 669. The summed E-state index contributed by atoms with van der Waals surface area (Å²) in [7, 11) is 1.58. The Kier molecular flexibility index (Phi) is 4.04. The van der Waals surface area contributed by atoms with Crippen molar-refractivity contribution in [3.05, 3.63) is 29.5 Å². The Morgan fingerprint density at radius 3 is 3.10 bits per heavy atom. The number of methoxy groups -OCH3 is 1. The molecular weight excluding hydrogens is 270 g/mol. The van der Waals surface area contributed by atoms with Crippen LogP contribution in [0.2, 0.25) is 0 Å². The smallest absolute Gasteiger partial charge is 0.214 e. The van der Waals surface area contributed by atoms with Crippen LogP contribution in [-0.2, 0) is 16.1 Å². The van der Waals surface area contributed by atoms with Gasteiger partial charge in [-0.1, -0.05) is 0 Å². The maximum Gasteiger partial charge on any atom is 0.214 e. The Labute approximate surface area is 122 Å². The molecule has 6 heteroatoms. The molecule has 0 bridgehead atoms. The van der Waals surface area contributed by atoms with Crippen molar-refractivity contribution in [1.29, 1.82) is 5.26 Å². The first-order chi connectivity index (χ1) is 10.3. The van der Waals surface area contributed by atoms with Gasteiger partial charge >= 0.3 is 0 Å². The summed E-state index contributed by atoms with van der Waals surface area (Å²) in [5, 5.41) is 13.2. The summed E-state index contributed by atoms with van der Waals surface area (Å²) >= 11 is 0. The molecule has 3 rings (SSSR count). The largest absolute Gasteiger partial charge is 0.481 e. The quantitative estimate of drug-likeness (QED) is 0.862. The summed E-state index contributed by atoms with van der Waals surface area (Å²) in [5.41, 5.74) is 2.13. The number of nitrogens with zero attached hydrogens (tertiary/aromatic N) is 3. The second kappa shape index (κ2) is 6.12. The highest BCUT2D eigenvalue weighted by Gasteiger charge is 2.16. The second-order valence-electron chi connectivity index (χ2n) is 4.95. The molecule has 0 N–H and O–H groups in total. The van der Waals surface area contributed by atoms with Gasteiger partial charge in [-0.15, -0.1) is 0 Å². The fraction of sp³-hybridized carbons (Fsp3) is 0.467. The van der Waals surface area contributed by atoms with E-state index in [0.29, 0.717) is 18.2 Å². The highest BCUT2D eigenvalue weighted by Crippen LogP contribution is 2.22. The molecule has 1 aliphatic heterocycles. The van der Waals surface area contributed by atoms with E-state index in [2.05, 4.69) is 5.10 Å². The first-order valence-electron chi connectivity index (χ1n) is 7.01. The van der Waals surface area contributed by atoms with Gasteiger partial charge in [-0.05, 0) is 25.3 Å². The number of fused-ring (bicyclic) bond motifs is 1. The van der Waals surface area contributed by atoms with E-state index in [9.17, 15) is 0 Å². The third kappa shape index (κ3) is 2.84. The van der Waals surface area contributed by atoms with E-state index in [1.165, 1.54) is 0 Å². The van der Waals surface area contributed by atoms with Gasteiger partial charge < -0.3 is 14.2 Å². The molecule has 0 amide bonds. The summed E-state index contributed by atoms with van der Waals surface area (Å²) in [6.07, 6.45) is 3.02. The van der Waals surface area contributed by atoms with Crippen molar-refractivity contribution in [1.82, 2.24) is 9.61 Å². The minimum Gasteiger partial charge on any atom is -0.481 e. The van der Waals surface area contributed by atoms with E-state index < -0.39 is 0 Å². The lowest BCUT2D eigenvalue weighted by molar-refractivity contribution is -0.168. The first kappa shape index (κ1) is 13.9.